The van der Waals surface area contributed by atoms with Crippen LogP contribution >= 0.6 is 11.8 Å². The van der Waals surface area contributed by atoms with Gasteiger partial charge in [0, 0.05) is 22.2 Å². The minimum absolute atomic E-state index is 0.0287. The molecule has 0 aliphatic rings. The topological polar surface area (TPSA) is 133 Å². The Morgan fingerprint density at radius 2 is 1.40 bits per heavy atom. The summed E-state index contributed by atoms with van der Waals surface area (Å²) in [6, 6.07) is 24.0. The number of hydrogen-bond acceptors (Lipinski definition) is 9. The lowest BCUT2D eigenvalue weighted by atomic mass is 10.1. The third-order valence-electron chi connectivity index (χ3n) is 6.67. The second-order valence-electron chi connectivity index (χ2n) is 9.72. The lowest BCUT2D eigenvalue weighted by molar-refractivity contribution is -0.114. The molecule has 3 N–H and O–H groups in total. The van der Waals surface area contributed by atoms with Crippen molar-refractivity contribution in [2.75, 3.05) is 51.9 Å². The number of carbonyl (C=O) groups excluding carboxylic acids is 3. The van der Waals surface area contributed by atoms with Crippen LogP contribution in [0.15, 0.2) is 95.5 Å². The zero-order chi connectivity index (χ0) is 33.8. The maximum absolute atomic E-state index is 13.6. The molecule has 4 aromatic carbocycles. The van der Waals surface area contributed by atoms with E-state index < -0.39 is 11.8 Å². The Kier molecular flexibility index (Phi) is 12.1. The molecular formula is C35H35N3O8S. The molecule has 3 amide bonds. The number of thioether (sulfide) groups is 1. The molecule has 12 heteroatoms. The van der Waals surface area contributed by atoms with Gasteiger partial charge < -0.3 is 39.6 Å². The fourth-order valence-electron chi connectivity index (χ4n) is 4.39. The molecular weight excluding hydrogens is 622 g/mol. The monoisotopic (exact) mass is 657 g/mol. The number of nitrogens with one attached hydrogen (secondary N) is 3. The highest BCUT2D eigenvalue weighted by atomic mass is 32.2. The predicted molar refractivity (Wildman–Crippen MR) is 182 cm³/mol. The summed E-state index contributed by atoms with van der Waals surface area (Å²) in [5.74, 6) is 1.04. The summed E-state index contributed by atoms with van der Waals surface area (Å²) in [5.41, 5.74) is 1.84. The van der Waals surface area contributed by atoms with Gasteiger partial charge >= 0.3 is 0 Å². The minimum Gasteiger partial charge on any atom is -0.497 e. The average Bonchev–Trinajstić information content (AvgIpc) is 3.10. The fourth-order valence-corrected chi connectivity index (χ4v) is 5.15. The molecule has 0 atom stereocenters. The van der Waals surface area contributed by atoms with Gasteiger partial charge in [0.25, 0.3) is 11.8 Å². The van der Waals surface area contributed by atoms with Crippen molar-refractivity contribution in [3.63, 3.8) is 0 Å². The second-order valence-corrected chi connectivity index (χ2v) is 10.8. The number of ether oxygens (including phenoxy) is 5. The van der Waals surface area contributed by atoms with Crippen molar-refractivity contribution >= 4 is 46.9 Å². The van der Waals surface area contributed by atoms with E-state index in [1.54, 1.807) is 86.0 Å². The molecule has 47 heavy (non-hydrogen) atoms. The van der Waals surface area contributed by atoms with E-state index in [9.17, 15) is 14.4 Å². The number of amides is 3. The minimum atomic E-state index is -0.575. The van der Waals surface area contributed by atoms with Crippen molar-refractivity contribution in [3.05, 3.63) is 102 Å². The lowest BCUT2D eigenvalue weighted by Crippen LogP contribution is -2.30. The summed E-state index contributed by atoms with van der Waals surface area (Å²) in [4.78, 5) is 40.2. The quantitative estimate of drug-likeness (QED) is 0.112. The van der Waals surface area contributed by atoms with Gasteiger partial charge in [-0.15, -0.1) is 11.8 Å². The first-order valence-corrected chi connectivity index (χ1v) is 15.2. The van der Waals surface area contributed by atoms with Crippen LogP contribution in [0.5, 0.6) is 28.7 Å². The van der Waals surface area contributed by atoms with Crippen LogP contribution in [0, 0.1) is 0 Å². The summed E-state index contributed by atoms with van der Waals surface area (Å²) in [6.07, 6.45) is 1.51. The first-order valence-electron chi connectivity index (χ1n) is 14.2. The van der Waals surface area contributed by atoms with Gasteiger partial charge in [0.15, 0.2) is 11.5 Å². The lowest BCUT2D eigenvalue weighted by Gasteiger charge is -2.15. The Labute approximate surface area is 277 Å². The number of carbonyl (C=O) groups is 3. The standard InChI is InChI=1S/C35H35N3O8S/c1-42-25-14-15-27(29(20-25)43-2)37-32(39)21-47-26-13-9-12-24(19-26)36-35(41)28(38-34(40)23-10-7-6-8-11-23)16-22-17-30(44-3)33(46-5)31(18-22)45-4/h6-20H,21H2,1-5H3,(H,36,41)(H,37,39)(H,38,40)/b28-16+. The summed E-state index contributed by atoms with van der Waals surface area (Å²) >= 11 is 1.29. The third-order valence-corrected chi connectivity index (χ3v) is 7.67. The highest BCUT2D eigenvalue weighted by Gasteiger charge is 2.18. The number of hydrogen-bond donors (Lipinski definition) is 3. The van der Waals surface area contributed by atoms with Gasteiger partial charge in [-0.25, -0.2) is 0 Å². The molecule has 0 bridgehead atoms. The number of benzene rings is 4. The van der Waals surface area contributed by atoms with E-state index in [1.807, 2.05) is 6.07 Å². The Hall–Kier alpha value is -5.62. The van der Waals surface area contributed by atoms with Crippen molar-refractivity contribution in [2.24, 2.45) is 0 Å². The van der Waals surface area contributed by atoms with E-state index in [2.05, 4.69) is 16.0 Å². The molecule has 0 aliphatic heterocycles. The summed E-state index contributed by atoms with van der Waals surface area (Å²) < 4.78 is 26.9. The van der Waals surface area contributed by atoms with E-state index >= 15 is 0 Å². The van der Waals surface area contributed by atoms with Gasteiger partial charge in [-0.05, 0) is 66.2 Å². The maximum atomic E-state index is 13.6. The molecule has 0 saturated heterocycles. The zero-order valence-electron chi connectivity index (χ0n) is 26.5. The van der Waals surface area contributed by atoms with Crippen LogP contribution in [-0.2, 0) is 9.59 Å². The molecule has 0 aliphatic carbocycles. The summed E-state index contributed by atoms with van der Waals surface area (Å²) in [5, 5.41) is 8.40. The van der Waals surface area contributed by atoms with Crippen LogP contribution in [0.2, 0.25) is 0 Å². The normalized spacial score (nSPS) is 10.8. The van der Waals surface area contributed by atoms with Crippen molar-refractivity contribution in [1.29, 1.82) is 0 Å². The van der Waals surface area contributed by atoms with Gasteiger partial charge in [-0.1, -0.05) is 24.3 Å². The van der Waals surface area contributed by atoms with E-state index in [0.29, 0.717) is 51.2 Å². The van der Waals surface area contributed by atoms with E-state index in [1.165, 1.54) is 46.3 Å². The smallest absolute Gasteiger partial charge is 0.272 e. The molecule has 0 radical (unpaired) electrons. The Balaban J connectivity index is 1.52. The van der Waals surface area contributed by atoms with Crippen molar-refractivity contribution < 1.29 is 38.1 Å². The average molecular weight is 658 g/mol. The van der Waals surface area contributed by atoms with Gasteiger partial charge in [0.2, 0.25) is 11.7 Å². The zero-order valence-corrected chi connectivity index (χ0v) is 27.4. The molecule has 244 valence electrons. The highest BCUT2D eigenvalue weighted by Crippen LogP contribution is 2.38. The summed E-state index contributed by atoms with van der Waals surface area (Å²) in [7, 11) is 7.53. The van der Waals surface area contributed by atoms with Crippen molar-refractivity contribution in [2.45, 2.75) is 4.90 Å². The molecule has 0 aromatic heterocycles. The maximum Gasteiger partial charge on any atom is 0.272 e. The molecule has 0 saturated carbocycles. The predicted octanol–water partition coefficient (Wildman–Crippen LogP) is 5.87. The van der Waals surface area contributed by atoms with Gasteiger partial charge in [-0.2, -0.15) is 0 Å². The molecule has 11 nitrogen and oxygen atoms in total. The van der Waals surface area contributed by atoms with Crippen molar-refractivity contribution in [3.8, 4) is 28.7 Å². The molecule has 0 heterocycles. The Morgan fingerprint density at radius 3 is 2.04 bits per heavy atom. The van der Waals surface area contributed by atoms with E-state index in [0.717, 1.165) is 4.90 Å². The van der Waals surface area contributed by atoms with Crippen LogP contribution in [0.25, 0.3) is 6.08 Å². The molecule has 0 unspecified atom stereocenters. The van der Waals surface area contributed by atoms with E-state index in [-0.39, 0.29) is 17.4 Å². The Morgan fingerprint density at radius 1 is 0.702 bits per heavy atom. The SMILES string of the molecule is COc1ccc(NC(=O)CSc2cccc(NC(=O)/C(=C\c3cc(OC)c(OC)c(OC)c3)NC(=O)c3ccccc3)c2)c(OC)c1. The van der Waals surface area contributed by atoms with Crippen LogP contribution in [-0.4, -0.2) is 59.0 Å². The first kappa shape index (κ1) is 34.3. The van der Waals surface area contributed by atoms with Crippen LogP contribution < -0.4 is 39.6 Å². The van der Waals surface area contributed by atoms with Crippen molar-refractivity contribution in [1.82, 2.24) is 5.32 Å². The summed E-state index contributed by atoms with van der Waals surface area (Å²) in [6.45, 7) is 0. The van der Waals surface area contributed by atoms with Gasteiger partial charge in [0.05, 0.1) is 47.0 Å². The van der Waals surface area contributed by atoms with Crippen LogP contribution in [0.1, 0.15) is 15.9 Å². The largest absolute Gasteiger partial charge is 0.497 e. The van der Waals surface area contributed by atoms with Crippen LogP contribution in [0.3, 0.4) is 0 Å². The molecule has 0 fully saturated rings. The fraction of sp³-hybridized carbons (Fsp3) is 0.171. The van der Waals surface area contributed by atoms with Crippen LogP contribution in [0.4, 0.5) is 11.4 Å². The third kappa shape index (κ3) is 9.21. The second kappa shape index (κ2) is 16.6. The van der Waals surface area contributed by atoms with Gasteiger partial charge in [-0.3, -0.25) is 14.4 Å². The van der Waals surface area contributed by atoms with Gasteiger partial charge in [0.1, 0.15) is 17.2 Å². The number of anilines is 2. The molecule has 4 rings (SSSR count). The molecule has 0 spiro atoms. The number of rotatable bonds is 14. The molecule has 4 aromatic rings. The van der Waals surface area contributed by atoms with E-state index in [4.69, 9.17) is 23.7 Å². The Bertz CT molecular complexity index is 1740. The first-order chi connectivity index (χ1) is 22.8. The highest BCUT2D eigenvalue weighted by molar-refractivity contribution is 8.00. The number of methoxy groups -OCH3 is 5.